The van der Waals surface area contributed by atoms with Crippen molar-refractivity contribution < 1.29 is 0 Å². The normalized spacial score (nSPS) is 15.4. The second-order valence-corrected chi connectivity index (χ2v) is 5.46. The average molecular weight is 240 g/mol. The van der Waals surface area contributed by atoms with E-state index in [0.717, 1.165) is 11.9 Å². The van der Waals surface area contributed by atoms with Crippen LogP contribution < -0.4 is 0 Å². The van der Waals surface area contributed by atoms with Crippen LogP contribution in [0, 0.1) is 0 Å². The van der Waals surface area contributed by atoms with Gasteiger partial charge in [-0.3, -0.25) is 0 Å². The minimum atomic E-state index is 0.149. The van der Waals surface area contributed by atoms with E-state index >= 15 is 0 Å². The molecule has 1 nitrogen and oxygen atoms in total. The van der Waals surface area contributed by atoms with Crippen molar-refractivity contribution in [1.82, 2.24) is 4.98 Å². The number of nitrogens with zero attached hydrogens (tertiary/aromatic N) is 1. The van der Waals surface area contributed by atoms with Crippen LogP contribution in [0.5, 0.6) is 0 Å². The molecule has 0 fully saturated rings. The first kappa shape index (κ1) is 10.9. The third kappa shape index (κ3) is 2.16. The van der Waals surface area contributed by atoms with Gasteiger partial charge in [-0.15, -0.1) is 22.9 Å². The Bertz CT molecular complexity index is 417. The number of thiazole rings is 1. The van der Waals surface area contributed by atoms with E-state index < -0.39 is 0 Å². The van der Waals surface area contributed by atoms with E-state index in [4.69, 9.17) is 11.6 Å². The number of benzene rings is 1. The lowest BCUT2D eigenvalue weighted by atomic mass is 10.0. The predicted molar refractivity (Wildman–Crippen MR) is 68.0 cm³/mol. The van der Waals surface area contributed by atoms with Gasteiger partial charge in [-0.25, -0.2) is 4.98 Å². The highest BCUT2D eigenvalue weighted by Gasteiger charge is 2.19. The van der Waals surface area contributed by atoms with Gasteiger partial charge in [-0.05, 0) is 25.5 Å². The van der Waals surface area contributed by atoms with Crippen molar-refractivity contribution in [3.8, 4) is 0 Å². The minimum absolute atomic E-state index is 0.149. The summed E-state index contributed by atoms with van der Waals surface area (Å²) in [5, 5.41) is 1.32. The smallest absolute Gasteiger partial charge is 0.0984 e. The average Bonchev–Trinajstić information content (AvgIpc) is 2.61. The fraction of sp³-hybridized carbons (Fsp3) is 0.417. The second-order valence-electron chi connectivity index (χ2n) is 3.71. The Morgan fingerprint density at radius 3 is 2.73 bits per heavy atom. The zero-order chi connectivity index (χ0) is 10.8. The number of alkyl halides is 1. The summed E-state index contributed by atoms with van der Waals surface area (Å²) < 4.78 is 1.25. The number of hydrogen-bond acceptors (Lipinski definition) is 2. The Kier molecular flexibility index (Phi) is 3.27. The Labute approximate surface area is 99.1 Å². The van der Waals surface area contributed by atoms with Gasteiger partial charge in [-0.1, -0.05) is 19.1 Å². The van der Waals surface area contributed by atoms with Crippen LogP contribution in [-0.4, -0.2) is 10.4 Å². The molecule has 1 aromatic carbocycles. The molecule has 0 radical (unpaired) electrons. The fourth-order valence-corrected chi connectivity index (χ4v) is 3.37. The van der Waals surface area contributed by atoms with E-state index in [1.54, 1.807) is 11.3 Å². The van der Waals surface area contributed by atoms with Crippen LogP contribution in [-0.2, 0) is 0 Å². The SMILES string of the molecule is CCC(c1nc2ccccc2s1)C(C)Cl. The highest BCUT2D eigenvalue weighted by Crippen LogP contribution is 2.33. The molecule has 0 N–H and O–H groups in total. The maximum atomic E-state index is 6.17. The summed E-state index contributed by atoms with van der Waals surface area (Å²) >= 11 is 7.94. The summed E-state index contributed by atoms with van der Waals surface area (Å²) in [4.78, 5) is 4.64. The zero-order valence-corrected chi connectivity index (χ0v) is 10.5. The highest BCUT2D eigenvalue weighted by atomic mass is 35.5. The van der Waals surface area contributed by atoms with Crippen LogP contribution in [0.15, 0.2) is 24.3 Å². The molecule has 2 atom stereocenters. The molecule has 0 spiro atoms. The molecule has 1 heterocycles. The monoisotopic (exact) mass is 239 g/mol. The maximum absolute atomic E-state index is 6.17. The predicted octanol–water partition coefficient (Wildman–Crippen LogP) is 4.42. The van der Waals surface area contributed by atoms with Gasteiger partial charge >= 0.3 is 0 Å². The van der Waals surface area contributed by atoms with E-state index in [0.29, 0.717) is 5.92 Å². The van der Waals surface area contributed by atoms with Crippen molar-refractivity contribution in [2.24, 2.45) is 0 Å². The summed E-state index contributed by atoms with van der Waals surface area (Å²) in [5.74, 6) is 0.379. The lowest BCUT2D eigenvalue weighted by Crippen LogP contribution is -2.07. The molecule has 0 saturated heterocycles. The Morgan fingerprint density at radius 1 is 1.40 bits per heavy atom. The Morgan fingerprint density at radius 2 is 2.13 bits per heavy atom. The molecule has 2 rings (SSSR count). The molecule has 2 unspecified atom stereocenters. The van der Waals surface area contributed by atoms with E-state index in [1.807, 2.05) is 13.0 Å². The first-order valence-electron chi connectivity index (χ1n) is 5.22. The molecule has 0 saturated carbocycles. The molecule has 0 bridgehead atoms. The molecular weight excluding hydrogens is 226 g/mol. The second kappa shape index (κ2) is 4.50. The maximum Gasteiger partial charge on any atom is 0.0984 e. The number of halogens is 1. The van der Waals surface area contributed by atoms with Gasteiger partial charge in [0.05, 0.1) is 15.2 Å². The third-order valence-electron chi connectivity index (χ3n) is 2.62. The number of rotatable bonds is 3. The summed E-state index contributed by atoms with van der Waals surface area (Å²) in [6.07, 6.45) is 1.05. The molecule has 80 valence electrons. The van der Waals surface area contributed by atoms with Gasteiger partial charge in [0.15, 0.2) is 0 Å². The highest BCUT2D eigenvalue weighted by molar-refractivity contribution is 7.18. The summed E-state index contributed by atoms with van der Waals surface area (Å²) in [6, 6.07) is 8.25. The lowest BCUT2D eigenvalue weighted by molar-refractivity contribution is 0.646. The molecule has 15 heavy (non-hydrogen) atoms. The van der Waals surface area contributed by atoms with Crippen LogP contribution in [0.2, 0.25) is 0 Å². The number of hydrogen-bond donors (Lipinski definition) is 0. The molecule has 1 aromatic heterocycles. The summed E-state index contributed by atoms with van der Waals surface area (Å²) in [5.41, 5.74) is 1.09. The standard InChI is InChI=1S/C12H14ClNS/c1-3-9(8(2)13)12-14-10-6-4-5-7-11(10)15-12/h4-9H,3H2,1-2H3. The largest absolute Gasteiger partial charge is 0.241 e. The van der Waals surface area contributed by atoms with Crippen LogP contribution in [0.1, 0.15) is 31.2 Å². The number of fused-ring (bicyclic) bond motifs is 1. The van der Waals surface area contributed by atoms with Crippen molar-refractivity contribution in [2.75, 3.05) is 0 Å². The lowest BCUT2D eigenvalue weighted by Gasteiger charge is -2.13. The van der Waals surface area contributed by atoms with Gasteiger partial charge in [0.25, 0.3) is 0 Å². The third-order valence-corrected chi connectivity index (χ3v) is 4.09. The fourth-order valence-electron chi connectivity index (χ4n) is 1.74. The van der Waals surface area contributed by atoms with Crippen LogP contribution in [0.3, 0.4) is 0 Å². The van der Waals surface area contributed by atoms with Gasteiger partial charge in [0.2, 0.25) is 0 Å². The molecule has 0 aliphatic heterocycles. The van der Waals surface area contributed by atoms with Gasteiger partial charge < -0.3 is 0 Å². The van der Waals surface area contributed by atoms with E-state index in [9.17, 15) is 0 Å². The summed E-state index contributed by atoms with van der Waals surface area (Å²) in [6.45, 7) is 4.21. The number of aromatic nitrogens is 1. The first-order valence-corrected chi connectivity index (χ1v) is 6.47. The zero-order valence-electron chi connectivity index (χ0n) is 8.90. The van der Waals surface area contributed by atoms with Gasteiger partial charge in [0, 0.05) is 11.3 Å². The molecule has 3 heteroatoms. The molecule has 2 aromatic rings. The van der Waals surface area contributed by atoms with Crippen molar-refractivity contribution >= 4 is 33.2 Å². The Balaban J connectivity index is 2.43. The topological polar surface area (TPSA) is 12.9 Å². The Hall–Kier alpha value is -0.600. The van der Waals surface area contributed by atoms with Crippen LogP contribution >= 0.6 is 22.9 Å². The van der Waals surface area contributed by atoms with E-state index in [1.165, 1.54) is 9.71 Å². The molecule has 0 aliphatic rings. The summed E-state index contributed by atoms with van der Waals surface area (Å²) in [7, 11) is 0. The number of para-hydroxylation sites is 1. The van der Waals surface area contributed by atoms with Crippen molar-refractivity contribution in [1.29, 1.82) is 0 Å². The van der Waals surface area contributed by atoms with E-state index in [2.05, 4.69) is 30.1 Å². The van der Waals surface area contributed by atoms with Crippen LogP contribution in [0.4, 0.5) is 0 Å². The van der Waals surface area contributed by atoms with Crippen molar-refractivity contribution in [3.05, 3.63) is 29.3 Å². The van der Waals surface area contributed by atoms with Crippen LogP contribution in [0.25, 0.3) is 10.2 Å². The molecule has 0 amide bonds. The molecular formula is C12H14ClNS. The first-order chi connectivity index (χ1) is 7.22. The quantitative estimate of drug-likeness (QED) is 0.723. The minimum Gasteiger partial charge on any atom is -0.241 e. The van der Waals surface area contributed by atoms with Gasteiger partial charge in [0.1, 0.15) is 0 Å². The van der Waals surface area contributed by atoms with E-state index in [-0.39, 0.29) is 5.38 Å². The van der Waals surface area contributed by atoms with Crippen molar-refractivity contribution in [2.45, 2.75) is 31.6 Å². The van der Waals surface area contributed by atoms with Crippen molar-refractivity contribution in [3.63, 3.8) is 0 Å². The van der Waals surface area contributed by atoms with Gasteiger partial charge in [-0.2, -0.15) is 0 Å². The molecule has 0 aliphatic carbocycles.